The maximum absolute atomic E-state index is 13.4. The quantitative estimate of drug-likeness (QED) is 0.154. The summed E-state index contributed by atoms with van der Waals surface area (Å²) in [6, 6.07) is 14.2. The first-order valence-corrected chi connectivity index (χ1v) is 12.8. The van der Waals surface area contributed by atoms with E-state index < -0.39 is 22.7 Å². The van der Waals surface area contributed by atoms with Gasteiger partial charge in [0.15, 0.2) is 0 Å². The average Bonchev–Trinajstić information content (AvgIpc) is 3.46. The van der Waals surface area contributed by atoms with Crippen LogP contribution in [0.2, 0.25) is 0 Å². The minimum atomic E-state index is -0.978. The van der Waals surface area contributed by atoms with Crippen LogP contribution >= 0.6 is 0 Å². The Hall–Kier alpha value is -4.35. The zero-order valence-electron chi connectivity index (χ0n) is 21.5. The number of rotatable bonds is 8. The molecule has 0 aliphatic carbocycles. The summed E-state index contributed by atoms with van der Waals surface area (Å²) in [7, 11) is 0. The standard InChI is InChI=1S/C28H29N5O6/c1-19-23(18-29-32(19)21-8-3-2-4-9-21)26(34)24-25(20-7-5-10-22(17-20)33(37)38)31(28(36)27(24)35)12-6-11-30-13-15-39-16-14-30/h2-5,7-10,17-18,25,34H,6,11-16H2,1H3/b26-24+. The predicted molar refractivity (Wildman–Crippen MR) is 142 cm³/mol. The highest BCUT2D eigenvalue weighted by Crippen LogP contribution is 2.40. The molecule has 2 fully saturated rings. The summed E-state index contributed by atoms with van der Waals surface area (Å²) in [5.74, 6) is -1.94. The minimum absolute atomic E-state index is 0.109. The molecule has 1 atom stereocenters. The largest absolute Gasteiger partial charge is 0.507 e. The normalized spacial score (nSPS) is 19.5. The van der Waals surface area contributed by atoms with Crippen LogP contribution in [0.25, 0.3) is 11.4 Å². The van der Waals surface area contributed by atoms with Gasteiger partial charge in [0.25, 0.3) is 17.4 Å². The Balaban J connectivity index is 1.54. The number of benzene rings is 2. The number of likely N-dealkylation sites (tertiary alicyclic amines) is 1. The van der Waals surface area contributed by atoms with Crippen molar-refractivity contribution in [1.29, 1.82) is 0 Å². The van der Waals surface area contributed by atoms with E-state index in [2.05, 4.69) is 10.00 Å². The first-order valence-electron chi connectivity index (χ1n) is 12.8. The van der Waals surface area contributed by atoms with E-state index in [1.807, 2.05) is 30.3 Å². The molecule has 2 aliphatic heterocycles. The van der Waals surface area contributed by atoms with E-state index in [1.165, 1.54) is 29.3 Å². The number of carbonyl (C=O) groups is 2. The number of carbonyl (C=O) groups excluding carboxylic acids is 2. The smallest absolute Gasteiger partial charge is 0.295 e. The molecule has 3 aromatic rings. The summed E-state index contributed by atoms with van der Waals surface area (Å²) in [6.45, 7) is 5.58. The second-order valence-electron chi connectivity index (χ2n) is 9.54. The Labute approximate surface area is 225 Å². The van der Waals surface area contributed by atoms with E-state index in [9.17, 15) is 24.8 Å². The van der Waals surface area contributed by atoms with Crippen LogP contribution in [0.5, 0.6) is 0 Å². The van der Waals surface area contributed by atoms with Gasteiger partial charge in [-0.2, -0.15) is 5.10 Å². The van der Waals surface area contributed by atoms with Crippen molar-refractivity contribution in [2.24, 2.45) is 0 Å². The molecule has 1 N–H and O–H groups in total. The summed E-state index contributed by atoms with van der Waals surface area (Å²) in [6.07, 6.45) is 2.04. The van der Waals surface area contributed by atoms with Crippen molar-refractivity contribution >= 4 is 23.1 Å². The van der Waals surface area contributed by atoms with Gasteiger partial charge in [0.1, 0.15) is 5.76 Å². The van der Waals surface area contributed by atoms with Gasteiger partial charge in [0.2, 0.25) is 0 Å². The molecule has 2 saturated heterocycles. The van der Waals surface area contributed by atoms with Gasteiger partial charge in [-0.25, -0.2) is 4.68 Å². The van der Waals surface area contributed by atoms with Crippen LogP contribution in [-0.2, 0) is 14.3 Å². The Morgan fingerprint density at radius 2 is 1.85 bits per heavy atom. The summed E-state index contributed by atoms with van der Waals surface area (Å²) in [4.78, 5) is 41.3. The van der Waals surface area contributed by atoms with Gasteiger partial charge in [-0.05, 0) is 31.0 Å². The van der Waals surface area contributed by atoms with E-state index in [4.69, 9.17) is 4.74 Å². The van der Waals surface area contributed by atoms with Crippen molar-refractivity contribution in [2.45, 2.75) is 19.4 Å². The lowest BCUT2D eigenvalue weighted by Gasteiger charge is -2.29. The molecule has 2 aromatic carbocycles. The van der Waals surface area contributed by atoms with E-state index in [-0.39, 0.29) is 23.6 Å². The number of aromatic nitrogens is 2. The molecular weight excluding hydrogens is 502 g/mol. The fourth-order valence-electron chi connectivity index (χ4n) is 5.17. The lowest BCUT2D eigenvalue weighted by molar-refractivity contribution is -0.384. The number of para-hydroxylation sites is 1. The van der Waals surface area contributed by atoms with Gasteiger partial charge >= 0.3 is 0 Å². The van der Waals surface area contributed by atoms with E-state index in [0.29, 0.717) is 43.0 Å². The van der Waals surface area contributed by atoms with E-state index >= 15 is 0 Å². The van der Waals surface area contributed by atoms with Crippen molar-refractivity contribution in [1.82, 2.24) is 19.6 Å². The molecule has 1 unspecified atom stereocenters. The Morgan fingerprint density at radius 1 is 1.10 bits per heavy atom. The monoisotopic (exact) mass is 531 g/mol. The lowest BCUT2D eigenvalue weighted by atomic mass is 9.95. The molecule has 39 heavy (non-hydrogen) atoms. The molecule has 0 saturated carbocycles. The number of ether oxygens (including phenoxy) is 1. The topological polar surface area (TPSA) is 131 Å². The van der Waals surface area contributed by atoms with Gasteiger partial charge in [-0.1, -0.05) is 30.3 Å². The fraction of sp³-hybridized carbons (Fsp3) is 0.321. The highest BCUT2D eigenvalue weighted by molar-refractivity contribution is 6.46. The molecule has 2 aliphatic rings. The van der Waals surface area contributed by atoms with Crippen LogP contribution < -0.4 is 0 Å². The highest BCUT2D eigenvalue weighted by Gasteiger charge is 2.46. The molecule has 0 radical (unpaired) electrons. The number of non-ortho nitro benzene ring substituents is 1. The maximum atomic E-state index is 13.4. The molecule has 202 valence electrons. The number of hydrogen-bond donors (Lipinski definition) is 1. The molecular formula is C28H29N5O6. The molecule has 5 rings (SSSR count). The van der Waals surface area contributed by atoms with E-state index in [1.54, 1.807) is 17.7 Å². The Morgan fingerprint density at radius 3 is 2.56 bits per heavy atom. The van der Waals surface area contributed by atoms with Gasteiger partial charge in [0, 0.05) is 38.3 Å². The third-order valence-electron chi connectivity index (χ3n) is 7.18. The lowest BCUT2D eigenvalue weighted by Crippen LogP contribution is -2.39. The maximum Gasteiger partial charge on any atom is 0.295 e. The number of aliphatic hydroxyl groups excluding tert-OH is 1. The number of nitro groups is 1. The SMILES string of the molecule is Cc1c(/C(O)=C2\C(=O)C(=O)N(CCCN3CCOCC3)C2c2cccc([N+](=O)[O-])c2)cnn1-c1ccccc1. The average molecular weight is 532 g/mol. The summed E-state index contributed by atoms with van der Waals surface area (Å²) < 4.78 is 7.03. The Bertz CT molecular complexity index is 1430. The number of hydrogen-bond acceptors (Lipinski definition) is 8. The van der Waals surface area contributed by atoms with Gasteiger partial charge < -0.3 is 14.7 Å². The number of Topliss-reactive ketones (excluding diaryl/α,β-unsaturated/α-hetero) is 1. The number of nitro benzene ring substituents is 1. The molecule has 0 spiro atoms. The Kier molecular flexibility index (Phi) is 7.53. The van der Waals surface area contributed by atoms with Crippen molar-refractivity contribution in [2.75, 3.05) is 39.4 Å². The van der Waals surface area contributed by atoms with Crippen LogP contribution in [-0.4, -0.2) is 80.7 Å². The second kappa shape index (κ2) is 11.2. The van der Waals surface area contributed by atoms with Crippen molar-refractivity contribution in [3.8, 4) is 5.69 Å². The van der Waals surface area contributed by atoms with Crippen molar-refractivity contribution in [3.63, 3.8) is 0 Å². The van der Waals surface area contributed by atoms with Crippen molar-refractivity contribution in [3.05, 3.63) is 93.3 Å². The van der Waals surface area contributed by atoms with Crippen LogP contribution in [0, 0.1) is 17.0 Å². The van der Waals surface area contributed by atoms with Gasteiger partial charge in [0.05, 0.1) is 52.9 Å². The molecule has 3 heterocycles. The second-order valence-corrected chi connectivity index (χ2v) is 9.54. The predicted octanol–water partition coefficient (Wildman–Crippen LogP) is 3.23. The molecule has 11 nitrogen and oxygen atoms in total. The summed E-state index contributed by atoms with van der Waals surface area (Å²) in [5, 5.41) is 27.4. The fourth-order valence-corrected chi connectivity index (χ4v) is 5.17. The van der Waals surface area contributed by atoms with Gasteiger partial charge in [-0.15, -0.1) is 0 Å². The first-order chi connectivity index (χ1) is 18.9. The molecule has 1 amide bonds. The minimum Gasteiger partial charge on any atom is -0.507 e. The summed E-state index contributed by atoms with van der Waals surface area (Å²) >= 11 is 0. The van der Waals surface area contributed by atoms with Crippen LogP contribution in [0.15, 0.2) is 66.4 Å². The zero-order valence-corrected chi connectivity index (χ0v) is 21.5. The van der Waals surface area contributed by atoms with Crippen LogP contribution in [0.3, 0.4) is 0 Å². The number of aliphatic hydroxyl groups is 1. The molecule has 1 aromatic heterocycles. The molecule has 0 bridgehead atoms. The molecule has 11 heteroatoms. The van der Waals surface area contributed by atoms with Crippen LogP contribution in [0.1, 0.15) is 29.3 Å². The van der Waals surface area contributed by atoms with Crippen LogP contribution in [0.4, 0.5) is 5.69 Å². The zero-order chi connectivity index (χ0) is 27.5. The number of ketones is 1. The van der Waals surface area contributed by atoms with Gasteiger partial charge in [-0.3, -0.25) is 24.6 Å². The third-order valence-corrected chi connectivity index (χ3v) is 7.18. The highest BCUT2D eigenvalue weighted by atomic mass is 16.6. The van der Waals surface area contributed by atoms with E-state index in [0.717, 1.165) is 18.8 Å². The summed E-state index contributed by atoms with van der Waals surface area (Å²) in [5.41, 5.74) is 1.76. The number of morpholine rings is 1. The third kappa shape index (κ3) is 5.18. The number of amides is 1. The number of nitrogens with zero attached hydrogens (tertiary/aromatic N) is 5. The first kappa shape index (κ1) is 26.3. The van der Waals surface area contributed by atoms with Crippen molar-refractivity contribution < 1.29 is 24.4 Å².